The van der Waals surface area contributed by atoms with Crippen LogP contribution in [0.25, 0.3) is 0 Å². The lowest BCUT2D eigenvalue weighted by Gasteiger charge is -2.25. The van der Waals surface area contributed by atoms with Crippen LogP contribution >= 0.6 is 6.72 Å². The van der Waals surface area contributed by atoms with E-state index in [0.29, 0.717) is 13.2 Å². The van der Waals surface area contributed by atoms with Gasteiger partial charge in [0, 0.05) is 0 Å². The third-order valence-electron chi connectivity index (χ3n) is 7.77. The lowest BCUT2D eigenvalue weighted by atomic mass is 10.1. The van der Waals surface area contributed by atoms with Crippen LogP contribution in [0.3, 0.4) is 0 Å². The number of unbranched alkanes of at least 4 members (excludes halogenated alkanes) is 23. The van der Waals surface area contributed by atoms with Gasteiger partial charge in [-0.05, 0) is 38.0 Å². The van der Waals surface area contributed by atoms with Crippen LogP contribution < -0.4 is 0 Å². The lowest BCUT2D eigenvalue weighted by molar-refractivity contribution is 0.114. The van der Waals surface area contributed by atoms with Gasteiger partial charge in [0.2, 0.25) is 0 Å². The molecule has 0 fully saturated rings. The molecule has 0 radical (unpaired) electrons. The molecule has 3 nitrogen and oxygen atoms in total. The molecule has 0 aliphatic heterocycles. The minimum atomic E-state index is -2.66. The van der Waals surface area contributed by atoms with Crippen molar-refractivity contribution >= 4 is 18.5 Å². The van der Waals surface area contributed by atoms with Crippen molar-refractivity contribution < 1.29 is 13.6 Å². The van der Waals surface area contributed by atoms with Crippen molar-refractivity contribution in [2.45, 2.75) is 207 Å². The Morgan fingerprint density at radius 2 is 0.718 bits per heavy atom. The average Bonchev–Trinajstić information content (AvgIpc) is 2.92. The highest BCUT2D eigenvalue weighted by atomic mass is 32.5. The van der Waals surface area contributed by atoms with Gasteiger partial charge >= 0.3 is 6.72 Å². The van der Waals surface area contributed by atoms with Crippen LogP contribution in [0, 0.1) is 0 Å². The van der Waals surface area contributed by atoms with Crippen molar-refractivity contribution in [3.8, 4) is 0 Å². The molecular weight excluding hydrogens is 519 g/mol. The van der Waals surface area contributed by atoms with Crippen LogP contribution in [0.2, 0.25) is 0 Å². The first kappa shape index (κ1) is 39.5. The zero-order valence-electron chi connectivity index (χ0n) is 27.2. The van der Waals surface area contributed by atoms with Crippen LogP contribution in [0.15, 0.2) is 0 Å². The van der Waals surface area contributed by atoms with E-state index >= 15 is 0 Å². The molecule has 39 heavy (non-hydrogen) atoms. The summed E-state index contributed by atoms with van der Waals surface area (Å²) < 4.78 is 18.7. The van der Waals surface area contributed by atoms with E-state index in [-0.39, 0.29) is 6.10 Å². The first-order valence-corrected chi connectivity index (χ1v) is 20.2. The monoisotopic (exact) mass is 590 g/mol. The highest BCUT2D eigenvalue weighted by Crippen LogP contribution is 2.51. The first-order chi connectivity index (χ1) is 19.1. The standard InChI is InChI=1S/C34H71O3PS/c1-5-8-11-14-17-19-21-23-26-29-32-35-38(39,37-34(4)31-28-25-16-13-10-7-3)36-33-30-27-24-22-20-18-15-12-9-6-2/h34H,5-33H2,1-4H3. The van der Waals surface area contributed by atoms with Crippen LogP contribution in [0.4, 0.5) is 0 Å². The molecule has 0 aromatic heterocycles. The SMILES string of the molecule is CCCCCCCCCCCCOP(=S)(OCCCCCCCCCCCC)OC(C)CCCCCCCC. The maximum absolute atomic E-state index is 6.33. The molecule has 0 N–H and O–H groups in total. The van der Waals surface area contributed by atoms with Crippen LogP contribution in [0.1, 0.15) is 201 Å². The molecule has 0 bridgehead atoms. The van der Waals surface area contributed by atoms with Crippen molar-refractivity contribution in [2.24, 2.45) is 0 Å². The molecule has 0 aromatic carbocycles. The average molecular weight is 591 g/mol. The van der Waals surface area contributed by atoms with E-state index < -0.39 is 6.72 Å². The Balaban J connectivity index is 4.20. The molecule has 0 spiro atoms. The predicted molar refractivity (Wildman–Crippen MR) is 178 cm³/mol. The first-order valence-electron chi connectivity index (χ1n) is 17.7. The van der Waals surface area contributed by atoms with Gasteiger partial charge in [-0.2, -0.15) is 0 Å². The van der Waals surface area contributed by atoms with Gasteiger partial charge in [0.25, 0.3) is 0 Å². The Morgan fingerprint density at radius 1 is 0.436 bits per heavy atom. The molecule has 236 valence electrons. The molecular formula is C34H71O3PS. The minimum absolute atomic E-state index is 0.113. The van der Waals surface area contributed by atoms with Crippen molar-refractivity contribution in [3.05, 3.63) is 0 Å². The van der Waals surface area contributed by atoms with Gasteiger partial charge in [0.05, 0.1) is 19.3 Å². The quantitative estimate of drug-likeness (QED) is 0.0561. The number of hydrogen-bond donors (Lipinski definition) is 0. The second-order valence-corrected chi connectivity index (χ2v) is 14.9. The molecule has 0 heterocycles. The maximum Gasteiger partial charge on any atom is 0.327 e. The highest BCUT2D eigenvalue weighted by Gasteiger charge is 2.23. The van der Waals surface area contributed by atoms with E-state index in [4.69, 9.17) is 25.4 Å². The Kier molecular flexibility index (Phi) is 31.9. The summed E-state index contributed by atoms with van der Waals surface area (Å²) in [5.41, 5.74) is 0. The van der Waals surface area contributed by atoms with E-state index in [1.165, 1.54) is 154 Å². The van der Waals surface area contributed by atoms with E-state index in [1.54, 1.807) is 0 Å². The highest BCUT2D eigenvalue weighted by molar-refractivity contribution is 8.07. The van der Waals surface area contributed by atoms with Crippen molar-refractivity contribution in [3.63, 3.8) is 0 Å². The number of rotatable bonds is 33. The fourth-order valence-electron chi connectivity index (χ4n) is 5.12. The van der Waals surface area contributed by atoms with Gasteiger partial charge in [0.1, 0.15) is 0 Å². The largest absolute Gasteiger partial charge is 0.327 e. The smallest absolute Gasteiger partial charge is 0.309 e. The molecule has 0 aliphatic rings. The molecule has 0 saturated carbocycles. The third kappa shape index (κ3) is 29.8. The Labute approximate surface area is 252 Å². The Hall–Kier alpha value is 0.530. The second-order valence-electron chi connectivity index (χ2n) is 12.0. The van der Waals surface area contributed by atoms with Gasteiger partial charge < -0.3 is 13.6 Å². The summed E-state index contributed by atoms with van der Waals surface area (Å²) in [7, 11) is 0. The van der Waals surface area contributed by atoms with Gasteiger partial charge in [-0.3, -0.25) is 0 Å². The number of hydrogen-bond acceptors (Lipinski definition) is 4. The minimum Gasteiger partial charge on any atom is -0.309 e. The zero-order chi connectivity index (χ0) is 28.7. The summed E-state index contributed by atoms with van der Waals surface area (Å²) in [6.07, 6.45) is 35.5. The van der Waals surface area contributed by atoms with Crippen molar-refractivity contribution in [1.82, 2.24) is 0 Å². The summed E-state index contributed by atoms with van der Waals surface area (Å²) in [6, 6.07) is 0. The molecule has 0 aliphatic carbocycles. The molecule has 1 atom stereocenters. The van der Waals surface area contributed by atoms with Crippen molar-refractivity contribution in [1.29, 1.82) is 0 Å². The third-order valence-corrected chi connectivity index (χ3v) is 10.3. The molecule has 1 unspecified atom stereocenters. The second kappa shape index (κ2) is 31.5. The molecule has 0 aromatic rings. The van der Waals surface area contributed by atoms with E-state index in [1.807, 2.05) is 0 Å². The topological polar surface area (TPSA) is 27.7 Å². The molecule has 5 heteroatoms. The van der Waals surface area contributed by atoms with Crippen LogP contribution in [-0.4, -0.2) is 19.3 Å². The van der Waals surface area contributed by atoms with Gasteiger partial charge in [-0.1, -0.05) is 175 Å². The van der Waals surface area contributed by atoms with E-state index in [2.05, 4.69) is 27.7 Å². The van der Waals surface area contributed by atoms with Crippen LogP contribution in [-0.2, 0) is 25.4 Å². The summed E-state index contributed by atoms with van der Waals surface area (Å²) in [6.45, 7) is 7.68. The Bertz CT molecular complexity index is 487. The zero-order valence-corrected chi connectivity index (χ0v) is 28.9. The summed E-state index contributed by atoms with van der Waals surface area (Å²) in [4.78, 5) is 0. The van der Waals surface area contributed by atoms with E-state index in [0.717, 1.165) is 19.3 Å². The summed E-state index contributed by atoms with van der Waals surface area (Å²) >= 11 is 5.90. The van der Waals surface area contributed by atoms with Crippen LogP contribution in [0.5, 0.6) is 0 Å². The molecule has 0 saturated heterocycles. The van der Waals surface area contributed by atoms with E-state index in [9.17, 15) is 0 Å². The lowest BCUT2D eigenvalue weighted by Crippen LogP contribution is -2.11. The summed E-state index contributed by atoms with van der Waals surface area (Å²) in [5, 5.41) is 0. The van der Waals surface area contributed by atoms with Gasteiger partial charge in [-0.15, -0.1) is 0 Å². The van der Waals surface area contributed by atoms with Crippen molar-refractivity contribution in [2.75, 3.05) is 13.2 Å². The maximum atomic E-state index is 6.33. The normalized spacial score (nSPS) is 12.8. The predicted octanol–water partition coefficient (Wildman–Crippen LogP) is 13.2. The summed E-state index contributed by atoms with van der Waals surface area (Å²) in [5.74, 6) is 0. The fourth-order valence-corrected chi connectivity index (χ4v) is 7.45. The van der Waals surface area contributed by atoms with Gasteiger partial charge in [-0.25, -0.2) is 0 Å². The van der Waals surface area contributed by atoms with Gasteiger partial charge in [0.15, 0.2) is 0 Å². The molecule has 0 amide bonds. The molecule has 0 rings (SSSR count). The Morgan fingerprint density at radius 3 is 1.05 bits per heavy atom. The fraction of sp³-hybridized carbons (Fsp3) is 1.00.